The zero-order valence-electron chi connectivity index (χ0n) is 9.49. The van der Waals surface area contributed by atoms with Gasteiger partial charge in [-0.3, -0.25) is 0 Å². The van der Waals surface area contributed by atoms with Crippen LogP contribution >= 0.6 is 11.3 Å². The van der Waals surface area contributed by atoms with E-state index in [1.54, 1.807) is 24.3 Å². The van der Waals surface area contributed by atoms with E-state index in [2.05, 4.69) is 4.98 Å². The highest BCUT2D eigenvalue weighted by Gasteiger charge is 2.05. The van der Waals surface area contributed by atoms with Crippen molar-refractivity contribution in [1.29, 1.82) is 5.26 Å². The summed E-state index contributed by atoms with van der Waals surface area (Å²) in [5, 5.41) is 8.79. The average molecular weight is 270 g/mol. The highest BCUT2D eigenvalue weighted by molar-refractivity contribution is 7.16. The molecule has 5 nitrogen and oxygen atoms in total. The third-order valence-corrected chi connectivity index (χ3v) is 3.20. The second kappa shape index (κ2) is 4.55. The molecule has 19 heavy (non-hydrogen) atoms. The van der Waals surface area contributed by atoms with Crippen LogP contribution in [0.1, 0.15) is 5.56 Å². The Hall–Kier alpha value is -2.65. The summed E-state index contributed by atoms with van der Waals surface area (Å²) in [7, 11) is 0. The third-order valence-electron chi connectivity index (χ3n) is 2.39. The van der Waals surface area contributed by atoms with Crippen molar-refractivity contribution >= 4 is 21.6 Å². The Kier molecular flexibility index (Phi) is 2.74. The van der Waals surface area contributed by atoms with Gasteiger partial charge in [0.1, 0.15) is 5.75 Å². The first-order valence-corrected chi connectivity index (χ1v) is 6.14. The van der Waals surface area contributed by atoms with E-state index >= 15 is 0 Å². The first-order valence-electron chi connectivity index (χ1n) is 5.32. The summed E-state index contributed by atoms with van der Waals surface area (Å²) >= 11 is 1.04. The van der Waals surface area contributed by atoms with Crippen LogP contribution in [-0.4, -0.2) is 4.98 Å². The molecule has 3 aromatic rings. The molecule has 0 bridgehead atoms. The van der Waals surface area contributed by atoms with Gasteiger partial charge in [0.05, 0.1) is 16.3 Å². The lowest BCUT2D eigenvalue weighted by molar-refractivity contribution is 0.462. The van der Waals surface area contributed by atoms with Gasteiger partial charge in [0.15, 0.2) is 5.58 Å². The minimum Gasteiger partial charge on any atom is -0.439 e. The maximum atomic E-state index is 11.1. The Balaban J connectivity index is 1.96. The summed E-state index contributed by atoms with van der Waals surface area (Å²) < 4.78 is 11.3. The number of ether oxygens (including phenoxy) is 1. The van der Waals surface area contributed by atoms with E-state index in [9.17, 15) is 4.79 Å². The molecule has 0 spiro atoms. The number of aromatic nitrogens is 1. The summed E-state index contributed by atoms with van der Waals surface area (Å²) in [4.78, 5) is 14.8. The van der Waals surface area contributed by atoms with E-state index in [0.29, 0.717) is 22.8 Å². The van der Waals surface area contributed by atoms with Crippen molar-refractivity contribution in [2.45, 2.75) is 0 Å². The molecule has 3 rings (SSSR count). The molecule has 0 aliphatic rings. The number of nitriles is 1. The normalized spacial score (nSPS) is 10.3. The lowest BCUT2D eigenvalue weighted by atomic mass is 10.3. The summed E-state index contributed by atoms with van der Waals surface area (Å²) in [6.07, 6.45) is 1.50. The van der Waals surface area contributed by atoms with Crippen LogP contribution in [0.4, 0.5) is 0 Å². The molecule has 0 aliphatic carbocycles. The summed E-state index contributed by atoms with van der Waals surface area (Å²) in [5.74, 6) is 0.813. The van der Waals surface area contributed by atoms with Crippen molar-refractivity contribution in [3.05, 3.63) is 51.8 Å². The fraction of sp³-hybridized carbons (Fsp3) is 0. The number of hydrogen-bond donors (Lipinski definition) is 0. The Morgan fingerprint density at radius 3 is 3.05 bits per heavy atom. The monoisotopic (exact) mass is 270 g/mol. The Labute approximate surface area is 111 Å². The first kappa shape index (κ1) is 11.4. The van der Waals surface area contributed by atoms with E-state index in [1.165, 1.54) is 12.3 Å². The van der Waals surface area contributed by atoms with Crippen molar-refractivity contribution < 1.29 is 9.15 Å². The van der Waals surface area contributed by atoms with Crippen LogP contribution < -0.4 is 9.68 Å². The predicted octanol–water partition coefficient (Wildman–Crippen LogP) is 2.91. The molecule has 6 heteroatoms. The number of nitrogens with zero attached hydrogens (tertiary/aromatic N) is 2. The fourth-order valence-corrected chi connectivity index (χ4v) is 2.22. The second-order valence-electron chi connectivity index (χ2n) is 3.66. The highest BCUT2D eigenvalue weighted by atomic mass is 32.1. The van der Waals surface area contributed by atoms with Gasteiger partial charge in [0, 0.05) is 18.3 Å². The van der Waals surface area contributed by atoms with E-state index in [4.69, 9.17) is 14.4 Å². The highest BCUT2D eigenvalue weighted by Crippen LogP contribution is 2.26. The smallest absolute Gasteiger partial charge is 0.396 e. The van der Waals surface area contributed by atoms with Crippen molar-refractivity contribution in [3.63, 3.8) is 0 Å². The molecule has 0 unspecified atom stereocenters. The van der Waals surface area contributed by atoms with E-state index in [1.807, 2.05) is 6.07 Å². The SMILES string of the molecule is N#Cc1ccnc(Oc2ccc3sc(=O)oc3c2)c1. The fourth-order valence-electron chi connectivity index (χ4n) is 1.57. The van der Waals surface area contributed by atoms with Crippen LogP contribution in [0.25, 0.3) is 10.3 Å². The number of hydrogen-bond acceptors (Lipinski definition) is 6. The Bertz CT molecular complexity index is 845. The molecule has 0 saturated carbocycles. The molecule has 92 valence electrons. The zero-order chi connectivity index (χ0) is 13.2. The van der Waals surface area contributed by atoms with Crippen LogP contribution in [0.15, 0.2) is 45.7 Å². The van der Waals surface area contributed by atoms with E-state index < -0.39 is 0 Å². The minimum atomic E-state index is -0.350. The van der Waals surface area contributed by atoms with Crippen molar-refractivity contribution in [3.8, 4) is 17.7 Å². The number of rotatable bonds is 2. The molecule has 0 saturated heterocycles. The van der Waals surface area contributed by atoms with Crippen LogP contribution in [-0.2, 0) is 0 Å². The van der Waals surface area contributed by atoms with Gasteiger partial charge in [-0.15, -0.1) is 0 Å². The molecule has 0 fully saturated rings. The van der Waals surface area contributed by atoms with Gasteiger partial charge >= 0.3 is 4.94 Å². The predicted molar refractivity (Wildman–Crippen MR) is 69.4 cm³/mol. The lowest BCUT2D eigenvalue weighted by Crippen LogP contribution is -1.88. The minimum absolute atomic E-state index is 0.316. The molecule has 1 aromatic carbocycles. The van der Waals surface area contributed by atoms with Gasteiger partial charge in [-0.25, -0.2) is 9.78 Å². The molecule has 2 heterocycles. The van der Waals surface area contributed by atoms with Gasteiger partial charge in [-0.05, 0) is 18.2 Å². The molecule has 0 N–H and O–H groups in total. The summed E-state index contributed by atoms with van der Waals surface area (Å²) in [6.45, 7) is 0. The number of fused-ring (bicyclic) bond motifs is 1. The molecule has 0 aliphatic heterocycles. The molecule has 0 amide bonds. The molecule has 0 atom stereocenters. The van der Waals surface area contributed by atoms with Crippen molar-refractivity contribution in [1.82, 2.24) is 4.98 Å². The Morgan fingerprint density at radius 1 is 1.32 bits per heavy atom. The van der Waals surface area contributed by atoms with Crippen LogP contribution in [0.2, 0.25) is 0 Å². The average Bonchev–Trinajstić information content (AvgIpc) is 2.78. The van der Waals surface area contributed by atoms with Crippen LogP contribution in [0.5, 0.6) is 11.6 Å². The quantitative estimate of drug-likeness (QED) is 0.715. The molecule has 0 radical (unpaired) electrons. The summed E-state index contributed by atoms with van der Waals surface area (Å²) in [5.41, 5.74) is 0.942. The van der Waals surface area contributed by atoms with Crippen LogP contribution in [0.3, 0.4) is 0 Å². The molecule has 2 aromatic heterocycles. The van der Waals surface area contributed by atoms with E-state index in [-0.39, 0.29) is 4.94 Å². The van der Waals surface area contributed by atoms with Gasteiger partial charge < -0.3 is 9.15 Å². The second-order valence-corrected chi connectivity index (χ2v) is 4.64. The van der Waals surface area contributed by atoms with Crippen molar-refractivity contribution in [2.75, 3.05) is 0 Å². The third kappa shape index (κ3) is 2.32. The number of pyridine rings is 1. The molecular formula is C13H6N2O3S. The van der Waals surface area contributed by atoms with Gasteiger partial charge in [0.25, 0.3) is 0 Å². The number of benzene rings is 1. The maximum Gasteiger partial charge on any atom is 0.396 e. The standard InChI is InChI=1S/C13H6N2O3S/c14-7-8-3-4-15-12(5-8)17-9-1-2-11-10(6-9)18-13(16)19-11/h1-6H. The van der Waals surface area contributed by atoms with Crippen molar-refractivity contribution in [2.24, 2.45) is 0 Å². The Morgan fingerprint density at radius 2 is 2.21 bits per heavy atom. The molecular weight excluding hydrogens is 264 g/mol. The summed E-state index contributed by atoms with van der Waals surface area (Å²) in [6, 6.07) is 10.2. The first-order chi connectivity index (χ1) is 9.24. The van der Waals surface area contributed by atoms with E-state index in [0.717, 1.165) is 16.0 Å². The van der Waals surface area contributed by atoms with Gasteiger partial charge in [-0.2, -0.15) is 5.26 Å². The largest absolute Gasteiger partial charge is 0.439 e. The lowest BCUT2D eigenvalue weighted by Gasteiger charge is -2.03. The maximum absolute atomic E-state index is 11.1. The topological polar surface area (TPSA) is 76.1 Å². The van der Waals surface area contributed by atoms with Gasteiger partial charge in [0.2, 0.25) is 5.88 Å². The van der Waals surface area contributed by atoms with Gasteiger partial charge in [-0.1, -0.05) is 11.3 Å². The zero-order valence-corrected chi connectivity index (χ0v) is 10.3. The van der Waals surface area contributed by atoms with Crippen LogP contribution in [0, 0.1) is 11.3 Å².